The molecule has 2 nitrogen and oxygen atoms in total. The highest BCUT2D eigenvalue weighted by Crippen LogP contribution is 2.25. The summed E-state index contributed by atoms with van der Waals surface area (Å²) in [6.45, 7) is 4.21. The standard InChI is InChI=1S/C9H18O2/c1-3-5-7-6-8(10)9(4-2)11-7/h7-10H,3-6H2,1-2H3/t7-,8+,9+/m0/s1. The topological polar surface area (TPSA) is 29.5 Å². The monoisotopic (exact) mass is 158 g/mol. The molecule has 0 aromatic rings. The molecule has 0 aliphatic carbocycles. The molecule has 0 aromatic carbocycles. The second kappa shape index (κ2) is 4.07. The third-order valence-electron chi connectivity index (χ3n) is 2.31. The maximum Gasteiger partial charge on any atom is 0.0836 e. The Bertz CT molecular complexity index is 114. The van der Waals surface area contributed by atoms with Gasteiger partial charge in [-0.25, -0.2) is 0 Å². The van der Waals surface area contributed by atoms with E-state index in [2.05, 4.69) is 13.8 Å². The van der Waals surface area contributed by atoms with E-state index in [4.69, 9.17) is 4.74 Å². The van der Waals surface area contributed by atoms with Gasteiger partial charge in [0.05, 0.1) is 18.3 Å². The Labute approximate surface area is 68.6 Å². The quantitative estimate of drug-likeness (QED) is 0.677. The molecule has 66 valence electrons. The molecule has 1 heterocycles. The van der Waals surface area contributed by atoms with Crippen molar-refractivity contribution >= 4 is 0 Å². The summed E-state index contributed by atoms with van der Waals surface area (Å²) in [5.74, 6) is 0. The van der Waals surface area contributed by atoms with Crippen molar-refractivity contribution in [3.63, 3.8) is 0 Å². The van der Waals surface area contributed by atoms with Gasteiger partial charge in [0, 0.05) is 6.42 Å². The Morgan fingerprint density at radius 1 is 1.45 bits per heavy atom. The molecule has 3 atom stereocenters. The second-order valence-corrected chi connectivity index (χ2v) is 3.30. The predicted octanol–water partition coefficient (Wildman–Crippen LogP) is 1.71. The van der Waals surface area contributed by atoms with Crippen LogP contribution >= 0.6 is 0 Å². The molecular formula is C9H18O2. The van der Waals surface area contributed by atoms with Crippen molar-refractivity contribution in [2.75, 3.05) is 0 Å². The summed E-state index contributed by atoms with van der Waals surface area (Å²) in [6.07, 6.45) is 4.22. The van der Waals surface area contributed by atoms with Gasteiger partial charge in [0.15, 0.2) is 0 Å². The molecule has 2 heteroatoms. The smallest absolute Gasteiger partial charge is 0.0836 e. The summed E-state index contributed by atoms with van der Waals surface area (Å²) in [5.41, 5.74) is 0. The lowest BCUT2D eigenvalue weighted by atomic mass is 10.1. The van der Waals surface area contributed by atoms with Crippen molar-refractivity contribution in [3.8, 4) is 0 Å². The summed E-state index contributed by atoms with van der Waals surface area (Å²) >= 11 is 0. The second-order valence-electron chi connectivity index (χ2n) is 3.30. The van der Waals surface area contributed by atoms with Gasteiger partial charge in [-0.1, -0.05) is 20.3 Å². The molecule has 11 heavy (non-hydrogen) atoms. The molecule has 1 saturated heterocycles. The lowest BCUT2D eigenvalue weighted by Crippen LogP contribution is -2.19. The average molecular weight is 158 g/mol. The van der Waals surface area contributed by atoms with E-state index < -0.39 is 0 Å². The van der Waals surface area contributed by atoms with Crippen LogP contribution in [0.2, 0.25) is 0 Å². The van der Waals surface area contributed by atoms with Crippen molar-refractivity contribution in [3.05, 3.63) is 0 Å². The first kappa shape index (κ1) is 9.01. The molecule has 0 radical (unpaired) electrons. The fourth-order valence-electron chi connectivity index (χ4n) is 1.69. The summed E-state index contributed by atoms with van der Waals surface area (Å²) in [4.78, 5) is 0. The normalized spacial score (nSPS) is 37.9. The van der Waals surface area contributed by atoms with Crippen LogP contribution in [0.25, 0.3) is 0 Å². The van der Waals surface area contributed by atoms with Crippen LogP contribution in [-0.2, 0) is 4.74 Å². The average Bonchev–Trinajstić information content (AvgIpc) is 2.32. The Morgan fingerprint density at radius 3 is 2.64 bits per heavy atom. The van der Waals surface area contributed by atoms with E-state index >= 15 is 0 Å². The molecule has 0 saturated carbocycles. The third-order valence-corrected chi connectivity index (χ3v) is 2.31. The van der Waals surface area contributed by atoms with Crippen molar-refractivity contribution in [2.24, 2.45) is 0 Å². The van der Waals surface area contributed by atoms with Gasteiger partial charge < -0.3 is 9.84 Å². The fourth-order valence-corrected chi connectivity index (χ4v) is 1.69. The van der Waals surface area contributed by atoms with Gasteiger partial charge in [-0.2, -0.15) is 0 Å². The van der Waals surface area contributed by atoms with Crippen molar-refractivity contribution < 1.29 is 9.84 Å². The molecule has 0 spiro atoms. The van der Waals surface area contributed by atoms with E-state index in [0.717, 1.165) is 25.7 Å². The van der Waals surface area contributed by atoms with Gasteiger partial charge in [-0.05, 0) is 12.8 Å². The van der Waals surface area contributed by atoms with Crippen LogP contribution in [0.3, 0.4) is 0 Å². The lowest BCUT2D eigenvalue weighted by molar-refractivity contribution is 0.00577. The molecule has 1 rings (SSSR count). The number of aliphatic hydroxyl groups is 1. The van der Waals surface area contributed by atoms with Gasteiger partial charge in [0.1, 0.15) is 0 Å². The Balaban J connectivity index is 2.30. The van der Waals surface area contributed by atoms with E-state index in [0.29, 0.717) is 6.10 Å². The first-order chi connectivity index (χ1) is 5.27. The first-order valence-electron chi connectivity index (χ1n) is 4.61. The predicted molar refractivity (Wildman–Crippen MR) is 44.5 cm³/mol. The largest absolute Gasteiger partial charge is 0.390 e. The van der Waals surface area contributed by atoms with E-state index in [1.54, 1.807) is 0 Å². The highest BCUT2D eigenvalue weighted by Gasteiger charge is 2.31. The molecule has 0 aromatic heterocycles. The van der Waals surface area contributed by atoms with Crippen LogP contribution in [0.15, 0.2) is 0 Å². The minimum atomic E-state index is -0.212. The number of ether oxygens (including phenoxy) is 1. The zero-order valence-corrected chi connectivity index (χ0v) is 7.42. The zero-order chi connectivity index (χ0) is 8.27. The van der Waals surface area contributed by atoms with Crippen molar-refractivity contribution in [1.29, 1.82) is 0 Å². The minimum absolute atomic E-state index is 0.103. The van der Waals surface area contributed by atoms with Gasteiger partial charge in [0.2, 0.25) is 0 Å². The van der Waals surface area contributed by atoms with Crippen LogP contribution in [0.5, 0.6) is 0 Å². The number of hydrogen-bond donors (Lipinski definition) is 1. The summed E-state index contributed by atoms with van der Waals surface area (Å²) < 4.78 is 5.61. The van der Waals surface area contributed by atoms with Crippen molar-refractivity contribution in [1.82, 2.24) is 0 Å². The summed E-state index contributed by atoms with van der Waals surface area (Å²) in [5, 5.41) is 9.46. The molecule has 1 N–H and O–H groups in total. The lowest BCUT2D eigenvalue weighted by Gasteiger charge is -2.11. The summed E-state index contributed by atoms with van der Waals surface area (Å²) in [6, 6.07) is 0. The SMILES string of the molecule is CCC[C@H]1C[C@@H](O)[C@@H](CC)O1. The van der Waals surface area contributed by atoms with E-state index in [-0.39, 0.29) is 12.2 Å². The number of aliphatic hydroxyl groups excluding tert-OH is 1. The molecular weight excluding hydrogens is 140 g/mol. The highest BCUT2D eigenvalue weighted by atomic mass is 16.5. The van der Waals surface area contributed by atoms with Gasteiger partial charge >= 0.3 is 0 Å². The van der Waals surface area contributed by atoms with Crippen molar-refractivity contribution in [2.45, 2.75) is 57.8 Å². The summed E-state index contributed by atoms with van der Waals surface area (Å²) in [7, 11) is 0. The van der Waals surface area contributed by atoms with Crippen LogP contribution < -0.4 is 0 Å². The Kier molecular flexibility index (Phi) is 3.34. The van der Waals surface area contributed by atoms with Gasteiger partial charge in [-0.15, -0.1) is 0 Å². The maximum absolute atomic E-state index is 9.46. The Morgan fingerprint density at radius 2 is 2.18 bits per heavy atom. The van der Waals surface area contributed by atoms with E-state index in [1.165, 1.54) is 0 Å². The number of hydrogen-bond acceptors (Lipinski definition) is 2. The molecule has 0 amide bonds. The van der Waals surface area contributed by atoms with E-state index in [1.807, 2.05) is 0 Å². The third kappa shape index (κ3) is 2.17. The van der Waals surface area contributed by atoms with Gasteiger partial charge in [-0.3, -0.25) is 0 Å². The molecule has 1 fully saturated rings. The van der Waals surface area contributed by atoms with Crippen LogP contribution in [0.1, 0.15) is 39.5 Å². The minimum Gasteiger partial charge on any atom is -0.390 e. The van der Waals surface area contributed by atoms with Crippen LogP contribution in [-0.4, -0.2) is 23.4 Å². The first-order valence-corrected chi connectivity index (χ1v) is 4.61. The molecule has 1 aliphatic rings. The Hall–Kier alpha value is -0.0800. The fraction of sp³-hybridized carbons (Fsp3) is 1.00. The molecule has 0 bridgehead atoms. The number of rotatable bonds is 3. The molecule has 0 unspecified atom stereocenters. The zero-order valence-electron chi connectivity index (χ0n) is 7.42. The maximum atomic E-state index is 9.46. The van der Waals surface area contributed by atoms with Crippen LogP contribution in [0.4, 0.5) is 0 Å². The van der Waals surface area contributed by atoms with E-state index in [9.17, 15) is 5.11 Å². The highest BCUT2D eigenvalue weighted by molar-refractivity contribution is 4.80. The molecule has 1 aliphatic heterocycles. The van der Waals surface area contributed by atoms with Crippen LogP contribution in [0, 0.1) is 0 Å². The van der Waals surface area contributed by atoms with Gasteiger partial charge in [0.25, 0.3) is 0 Å².